The average Bonchev–Trinajstić information content (AvgIpc) is 3.12. The molecule has 0 aromatic heterocycles. The predicted octanol–water partition coefficient (Wildman–Crippen LogP) is 3.05. The van der Waals surface area contributed by atoms with Gasteiger partial charge in [-0.3, -0.25) is 4.79 Å². The molecule has 26 heavy (non-hydrogen) atoms. The third-order valence-corrected chi connectivity index (χ3v) is 4.44. The third-order valence-electron chi connectivity index (χ3n) is 4.44. The molecule has 1 heterocycles. The number of rotatable bonds is 7. The second kappa shape index (κ2) is 11.4. The Morgan fingerprint density at radius 2 is 1.81 bits per heavy atom. The van der Waals surface area contributed by atoms with Crippen LogP contribution in [0.2, 0.25) is 0 Å². The maximum absolute atomic E-state index is 12.2. The van der Waals surface area contributed by atoms with Gasteiger partial charge in [-0.25, -0.2) is 4.99 Å². The van der Waals surface area contributed by atoms with E-state index in [0.29, 0.717) is 0 Å². The fourth-order valence-corrected chi connectivity index (χ4v) is 3.09. The first-order chi connectivity index (χ1) is 12.0. The highest BCUT2D eigenvalue weighted by Gasteiger charge is 2.20. The number of hydrogen-bond acceptors (Lipinski definition) is 2. The van der Waals surface area contributed by atoms with E-state index in [0.717, 1.165) is 51.4 Å². The largest absolute Gasteiger partial charge is 0.357 e. The van der Waals surface area contributed by atoms with E-state index in [1.54, 1.807) is 0 Å². The molecule has 2 N–H and O–H groups in total. The number of amides is 1. The summed E-state index contributed by atoms with van der Waals surface area (Å²) < 4.78 is 0. The van der Waals surface area contributed by atoms with Crippen molar-refractivity contribution in [3.8, 4) is 0 Å². The molecule has 1 amide bonds. The molecule has 1 saturated heterocycles. The number of carbonyl (C=O) groups excluding carboxylic acids is 1. The Kier molecular flexibility index (Phi) is 9.98. The monoisotopic (exact) mass is 472 g/mol. The third kappa shape index (κ3) is 7.93. The van der Waals surface area contributed by atoms with Gasteiger partial charge in [0, 0.05) is 26.2 Å². The molecule has 0 radical (unpaired) electrons. The van der Waals surface area contributed by atoms with Gasteiger partial charge in [0.1, 0.15) is 6.54 Å². The van der Waals surface area contributed by atoms with Gasteiger partial charge in [0.05, 0.1) is 0 Å². The van der Waals surface area contributed by atoms with E-state index in [1.165, 1.54) is 5.56 Å². The molecule has 0 unspecified atom stereocenters. The van der Waals surface area contributed by atoms with E-state index in [-0.39, 0.29) is 41.8 Å². The van der Waals surface area contributed by atoms with Crippen molar-refractivity contribution in [1.82, 2.24) is 15.5 Å². The molecule has 146 valence electrons. The Morgan fingerprint density at radius 3 is 2.42 bits per heavy atom. The maximum Gasteiger partial charge on any atom is 0.244 e. The number of benzene rings is 1. The van der Waals surface area contributed by atoms with E-state index in [2.05, 4.69) is 53.7 Å². The van der Waals surface area contributed by atoms with Gasteiger partial charge in [-0.15, -0.1) is 24.0 Å². The van der Waals surface area contributed by atoms with Gasteiger partial charge in [-0.1, -0.05) is 44.2 Å². The van der Waals surface area contributed by atoms with Gasteiger partial charge in [-0.05, 0) is 37.2 Å². The van der Waals surface area contributed by atoms with Crippen molar-refractivity contribution >= 4 is 35.8 Å². The Labute approximate surface area is 175 Å². The maximum atomic E-state index is 12.2. The van der Waals surface area contributed by atoms with Crippen molar-refractivity contribution in [3.05, 3.63) is 35.9 Å². The zero-order chi connectivity index (χ0) is 18.1. The molecule has 0 aliphatic carbocycles. The molecule has 6 heteroatoms. The molecular formula is C20H33IN4O. The highest BCUT2D eigenvalue weighted by Crippen LogP contribution is 2.20. The highest BCUT2D eigenvalue weighted by molar-refractivity contribution is 14.0. The summed E-state index contributed by atoms with van der Waals surface area (Å²) in [6, 6.07) is 10.5. The van der Waals surface area contributed by atoms with Crippen LogP contribution < -0.4 is 10.6 Å². The smallest absolute Gasteiger partial charge is 0.244 e. The van der Waals surface area contributed by atoms with Gasteiger partial charge < -0.3 is 15.5 Å². The lowest BCUT2D eigenvalue weighted by molar-refractivity contribution is -0.128. The zero-order valence-electron chi connectivity index (χ0n) is 16.3. The van der Waals surface area contributed by atoms with Crippen LogP contribution in [0.3, 0.4) is 0 Å². The number of halogens is 1. The summed E-state index contributed by atoms with van der Waals surface area (Å²) in [5, 5.41) is 6.63. The Hall–Kier alpha value is -1.31. The topological polar surface area (TPSA) is 56.7 Å². The van der Waals surface area contributed by atoms with Crippen molar-refractivity contribution in [2.24, 2.45) is 10.4 Å². The predicted molar refractivity (Wildman–Crippen MR) is 119 cm³/mol. The van der Waals surface area contributed by atoms with E-state index in [9.17, 15) is 4.79 Å². The van der Waals surface area contributed by atoms with Gasteiger partial charge >= 0.3 is 0 Å². The molecular weight excluding hydrogens is 439 g/mol. The molecule has 1 aliphatic heterocycles. The Morgan fingerprint density at radius 1 is 1.15 bits per heavy atom. The summed E-state index contributed by atoms with van der Waals surface area (Å²) in [4.78, 5) is 18.5. The number of aliphatic imine (C=N–C) groups is 1. The molecule has 0 spiro atoms. The van der Waals surface area contributed by atoms with Crippen molar-refractivity contribution in [1.29, 1.82) is 0 Å². The second-order valence-corrected chi connectivity index (χ2v) is 7.46. The number of hydrogen-bond donors (Lipinski definition) is 2. The lowest BCUT2D eigenvalue weighted by Gasteiger charge is -2.26. The molecule has 1 aliphatic rings. The van der Waals surface area contributed by atoms with Crippen LogP contribution in [-0.2, 0) is 11.2 Å². The SMILES string of the molecule is CCNC(=NCC(=O)N1CCCC1)NCC(C)(C)Cc1ccccc1.I. The van der Waals surface area contributed by atoms with Crippen molar-refractivity contribution in [2.45, 2.75) is 40.0 Å². The van der Waals surface area contributed by atoms with E-state index >= 15 is 0 Å². The van der Waals surface area contributed by atoms with Crippen molar-refractivity contribution in [3.63, 3.8) is 0 Å². The minimum absolute atomic E-state index is 0. The fourth-order valence-electron chi connectivity index (χ4n) is 3.09. The summed E-state index contributed by atoms with van der Waals surface area (Å²) in [7, 11) is 0. The van der Waals surface area contributed by atoms with E-state index < -0.39 is 0 Å². The van der Waals surface area contributed by atoms with Gasteiger partial charge in [0.2, 0.25) is 5.91 Å². The summed E-state index contributed by atoms with van der Waals surface area (Å²) in [6.45, 7) is 10.1. The molecule has 0 atom stereocenters. The molecule has 0 saturated carbocycles. The normalized spacial score (nSPS) is 14.7. The van der Waals surface area contributed by atoms with Crippen LogP contribution >= 0.6 is 24.0 Å². The molecule has 1 fully saturated rings. The van der Waals surface area contributed by atoms with Gasteiger partial charge in [0.25, 0.3) is 0 Å². The number of carbonyl (C=O) groups is 1. The van der Waals surface area contributed by atoms with Crippen molar-refractivity contribution in [2.75, 3.05) is 32.7 Å². The number of nitrogens with zero attached hydrogens (tertiary/aromatic N) is 2. The van der Waals surface area contributed by atoms with Gasteiger partial charge in [-0.2, -0.15) is 0 Å². The summed E-state index contributed by atoms with van der Waals surface area (Å²) >= 11 is 0. The Balaban J connectivity index is 0.00000338. The number of likely N-dealkylation sites (tertiary alicyclic amines) is 1. The first kappa shape index (κ1) is 22.7. The molecule has 2 rings (SSSR count). The van der Waals surface area contributed by atoms with E-state index in [4.69, 9.17) is 0 Å². The number of nitrogens with one attached hydrogen (secondary N) is 2. The van der Waals surface area contributed by atoms with Crippen LogP contribution in [0.25, 0.3) is 0 Å². The summed E-state index contributed by atoms with van der Waals surface area (Å²) in [6.07, 6.45) is 3.22. The Bertz CT molecular complexity index is 568. The second-order valence-electron chi connectivity index (χ2n) is 7.46. The number of guanidine groups is 1. The van der Waals surface area contributed by atoms with E-state index in [1.807, 2.05) is 17.9 Å². The van der Waals surface area contributed by atoms with Crippen LogP contribution in [0.15, 0.2) is 35.3 Å². The summed E-state index contributed by atoms with van der Waals surface area (Å²) in [5.74, 6) is 0.842. The molecule has 5 nitrogen and oxygen atoms in total. The van der Waals surface area contributed by atoms with Crippen LogP contribution in [0, 0.1) is 5.41 Å². The molecule has 1 aromatic rings. The zero-order valence-corrected chi connectivity index (χ0v) is 18.6. The van der Waals surface area contributed by atoms with Crippen LogP contribution in [-0.4, -0.2) is 49.5 Å². The first-order valence-corrected chi connectivity index (χ1v) is 9.34. The summed E-state index contributed by atoms with van der Waals surface area (Å²) in [5.41, 5.74) is 1.43. The minimum Gasteiger partial charge on any atom is -0.357 e. The van der Waals surface area contributed by atoms with Crippen LogP contribution in [0.4, 0.5) is 0 Å². The molecule has 1 aromatic carbocycles. The first-order valence-electron chi connectivity index (χ1n) is 9.34. The van der Waals surface area contributed by atoms with Gasteiger partial charge in [0.15, 0.2) is 5.96 Å². The average molecular weight is 472 g/mol. The molecule has 0 bridgehead atoms. The lowest BCUT2D eigenvalue weighted by atomic mass is 9.86. The quantitative estimate of drug-likeness (QED) is 0.365. The van der Waals surface area contributed by atoms with Crippen LogP contribution in [0.5, 0.6) is 0 Å². The van der Waals surface area contributed by atoms with Crippen LogP contribution in [0.1, 0.15) is 39.2 Å². The fraction of sp³-hybridized carbons (Fsp3) is 0.600. The minimum atomic E-state index is 0. The van der Waals surface area contributed by atoms with Crippen molar-refractivity contribution < 1.29 is 4.79 Å². The standard InChI is InChI=1S/C20H32N4O.HI/c1-4-21-19(22-15-18(25)24-12-8-9-13-24)23-16-20(2,3)14-17-10-6-5-7-11-17;/h5-7,10-11H,4,8-9,12-16H2,1-3H3,(H2,21,22,23);1H. The lowest BCUT2D eigenvalue weighted by Crippen LogP contribution is -2.43. The highest BCUT2D eigenvalue weighted by atomic mass is 127.